The zero-order valence-electron chi connectivity index (χ0n) is 11.7. The molecule has 0 fully saturated rings. The number of rotatable bonds is 2. The molecule has 0 atom stereocenters. The highest BCUT2D eigenvalue weighted by Gasteiger charge is 2.25. The smallest absolute Gasteiger partial charge is 0.201 e. The van der Waals surface area contributed by atoms with E-state index in [-0.39, 0.29) is 46.7 Å². The molecule has 0 aliphatic carbocycles. The molecule has 2 aromatic carbocycles. The SMILES string of the molecule is COc1ccc2c(c1O)OC(c1ccc(O)c(O)c1)=C(O)C2. The number of aromatic hydroxyl groups is 3. The van der Waals surface area contributed by atoms with Crippen LogP contribution in [0.3, 0.4) is 0 Å². The molecule has 6 nitrogen and oxygen atoms in total. The van der Waals surface area contributed by atoms with Crippen LogP contribution in [0, 0.1) is 0 Å². The molecule has 0 bridgehead atoms. The third-order valence-corrected chi connectivity index (χ3v) is 3.46. The van der Waals surface area contributed by atoms with Gasteiger partial charge in [0.15, 0.2) is 28.8 Å². The fraction of sp³-hybridized carbons (Fsp3) is 0.125. The molecule has 2 aromatic rings. The molecule has 0 amide bonds. The van der Waals surface area contributed by atoms with E-state index >= 15 is 0 Å². The van der Waals surface area contributed by atoms with E-state index in [4.69, 9.17) is 9.47 Å². The van der Waals surface area contributed by atoms with Crippen LogP contribution >= 0.6 is 0 Å². The van der Waals surface area contributed by atoms with Gasteiger partial charge in [-0.1, -0.05) is 6.07 Å². The first-order valence-electron chi connectivity index (χ1n) is 6.52. The number of phenolic OH excluding ortho intramolecular Hbond substituents is 3. The van der Waals surface area contributed by atoms with Crippen LogP contribution in [-0.4, -0.2) is 27.5 Å². The number of phenols is 3. The second kappa shape index (κ2) is 5.07. The molecule has 1 aliphatic rings. The topological polar surface area (TPSA) is 99.4 Å². The standard InChI is InChI=1S/C16H14O6/c1-21-13-5-3-9-7-12(19)15(22-16(9)14(13)20)8-2-4-10(17)11(18)6-8/h2-6,17-20H,7H2,1H3. The minimum atomic E-state index is -0.331. The van der Waals surface area contributed by atoms with Gasteiger partial charge in [0, 0.05) is 17.5 Å². The van der Waals surface area contributed by atoms with Crippen molar-refractivity contribution in [3.8, 4) is 28.7 Å². The molecule has 0 spiro atoms. The lowest BCUT2D eigenvalue weighted by Gasteiger charge is -2.22. The van der Waals surface area contributed by atoms with Gasteiger partial charge in [0.25, 0.3) is 0 Å². The number of aliphatic hydroxyl groups is 1. The van der Waals surface area contributed by atoms with E-state index in [1.165, 1.54) is 25.3 Å². The van der Waals surface area contributed by atoms with Crippen molar-refractivity contribution in [2.24, 2.45) is 0 Å². The highest BCUT2D eigenvalue weighted by molar-refractivity contribution is 5.71. The van der Waals surface area contributed by atoms with Crippen molar-refractivity contribution in [1.29, 1.82) is 0 Å². The average Bonchev–Trinajstić information content (AvgIpc) is 2.50. The van der Waals surface area contributed by atoms with Crippen molar-refractivity contribution >= 4 is 5.76 Å². The Bertz CT molecular complexity index is 778. The Labute approximate surface area is 126 Å². The van der Waals surface area contributed by atoms with Crippen molar-refractivity contribution in [1.82, 2.24) is 0 Å². The van der Waals surface area contributed by atoms with E-state index in [0.717, 1.165) is 0 Å². The summed E-state index contributed by atoms with van der Waals surface area (Å²) in [4.78, 5) is 0. The molecule has 22 heavy (non-hydrogen) atoms. The Kier molecular flexibility index (Phi) is 3.21. The van der Waals surface area contributed by atoms with Gasteiger partial charge in [0.1, 0.15) is 5.76 Å². The van der Waals surface area contributed by atoms with Crippen LogP contribution in [0.5, 0.6) is 28.7 Å². The molecule has 1 heterocycles. The maximum Gasteiger partial charge on any atom is 0.201 e. The quantitative estimate of drug-likeness (QED) is 0.637. The van der Waals surface area contributed by atoms with Gasteiger partial charge in [-0.15, -0.1) is 0 Å². The summed E-state index contributed by atoms with van der Waals surface area (Å²) in [6.45, 7) is 0. The highest BCUT2D eigenvalue weighted by atomic mass is 16.5. The van der Waals surface area contributed by atoms with E-state index in [2.05, 4.69) is 0 Å². The molecule has 0 saturated carbocycles. The van der Waals surface area contributed by atoms with Gasteiger partial charge in [0.2, 0.25) is 5.75 Å². The van der Waals surface area contributed by atoms with Gasteiger partial charge in [-0.05, 0) is 24.3 Å². The first kappa shape index (κ1) is 13.9. The minimum Gasteiger partial charge on any atom is -0.508 e. The molecular formula is C16H14O6. The second-order valence-electron chi connectivity index (χ2n) is 4.86. The van der Waals surface area contributed by atoms with Crippen LogP contribution < -0.4 is 9.47 Å². The number of ether oxygens (including phenoxy) is 2. The Morgan fingerprint density at radius 2 is 1.77 bits per heavy atom. The second-order valence-corrected chi connectivity index (χ2v) is 4.86. The third kappa shape index (κ3) is 2.14. The molecule has 3 rings (SSSR count). The first-order chi connectivity index (χ1) is 10.5. The number of aliphatic hydroxyl groups excluding tert-OH is 1. The highest BCUT2D eigenvalue weighted by Crippen LogP contribution is 2.45. The minimum absolute atomic E-state index is 0.0397. The number of hydrogen-bond donors (Lipinski definition) is 4. The lowest BCUT2D eigenvalue weighted by molar-refractivity contribution is 0.332. The number of benzene rings is 2. The van der Waals surface area contributed by atoms with Crippen molar-refractivity contribution in [3.05, 3.63) is 47.2 Å². The van der Waals surface area contributed by atoms with Crippen LogP contribution in [0.2, 0.25) is 0 Å². The summed E-state index contributed by atoms with van der Waals surface area (Å²) < 4.78 is 10.6. The summed E-state index contributed by atoms with van der Waals surface area (Å²) in [5, 5.41) is 39.2. The summed E-state index contributed by atoms with van der Waals surface area (Å²) in [6.07, 6.45) is 0.170. The number of methoxy groups -OCH3 is 1. The molecule has 6 heteroatoms. The number of hydrogen-bond acceptors (Lipinski definition) is 6. The zero-order chi connectivity index (χ0) is 15.9. The molecule has 0 aromatic heterocycles. The van der Waals surface area contributed by atoms with Crippen LogP contribution in [0.25, 0.3) is 5.76 Å². The monoisotopic (exact) mass is 302 g/mol. The van der Waals surface area contributed by atoms with Crippen molar-refractivity contribution in [2.75, 3.05) is 7.11 Å². The normalized spacial score (nSPS) is 13.5. The molecule has 114 valence electrons. The third-order valence-electron chi connectivity index (χ3n) is 3.46. The Morgan fingerprint density at radius 1 is 1.00 bits per heavy atom. The first-order valence-corrected chi connectivity index (χ1v) is 6.52. The maximum atomic E-state index is 10.1. The van der Waals surface area contributed by atoms with Gasteiger partial charge >= 0.3 is 0 Å². The fourth-order valence-corrected chi connectivity index (χ4v) is 2.32. The van der Waals surface area contributed by atoms with Crippen molar-refractivity contribution in [3.63, 3.8) is 0 Å². The molecule has 0 unspecified atom stereocenters. The maximum absolute atomic E-state index is 10.1. The van der Waals surface area contributed by atoms with Gasteiger partial charge in [0.05, 0.1) is 7.11 Å². The molecule has 1 aliphatic heterocycles. The van der Waals surface area contributed by atoms with Crippen molar-refractivity contribution < 1.29 is 29.9 Å². The summed E-state index contributed by atoms with van der Waals surface area (Å²) in [5.74, 6) is -0.249. The fourth-order valence-electron chi connectivity index (χ4n) is 2.32. The van der Waals surface area contributed by atoms with Gasteiger partial charge in [-0.25, -0.2) is 0 Å². The average molecular weight is 302 g/mol. The lowest BCUT2D eigenvalue weighted by atomic mass is 10.0. The molecule has 0 radical (unpaired) electrons. The van der Waals surface area contributed by atoms with Crippen LogP contribution in [0.1, 0.15) is 11.1 Å². The molecule has 0 saturated heterocycles. The summed E-state index contributed by atoms with van der Waals surface area (Å²) >= 11 is 0. The van der Waals surface area contributed by atoms with E-state index in [9.17, 15) is 20.4 Å². The predicted octanol–water partition coefficient (Wildman–Crippen LogP) is 2.67. The zero-order valence-corrected chi connectivity index (χ0v) is 11.7. The van der Waals surface area contributed by atoms with Gasteiger partial charge < -0.3 is 29.9 Å². The Morgan fingerprint density at radius 3 is 2.45 bits per heavy atom. The van der Waals surface area contributed by atoms with E-state index < -0.39 is 0 Å². The summed E-state index contributed by atoms with van der Waals surface area (Å²) in [5.41, 5.74) is 0.989. The van der Waals surface area contributed by atoms with Crippen molar-refractivity contribution in [2.45, 2.75) is 6.42 Å². The lowest BCUT2D eigenvalue weighted by Crippen LogP contribution is -2.10. The summed E-state index contributed by atoms with van der Waals surface area (Å²) in [6, 6.07) is 7.32. The van der Waals surface area contributed by atoms with E-state index in [1.54, 1.807) is 12.1 Å². The van der Waals surface area contributed by atoms with Gasteiger partial charge in [-0.2, -0.15) is 0 Å². The van der Waals surface area contributed by atoms with Crippen LogP contribution in [0.4, 0.5) is 0 Å². The Balaban J connectivity index is 2.06. The molecular weight excluding hydrogens is 288 g/mol. The molecule has 4 N–H and O–H groups in total. The Hall–Kier alpha value is -3.02. The van der Waals surface area contributed by atoms with E-state index in [0.29, 0.717) is 11.1 Å². The number of allylic oxidation sites excluding steroid dienone is 1. The van der Waals surface area contributed by atoms with Crippen LogP contribution in [-0.2, 0) is 6.42 Å². The van der Waals surface area contributed by atoms with Gasteiger partial charge in [-0.3, -0.25) is 0 Å². The predicted molar refractivity (Wildman–Crippen MR) is 78.3 cm³/mol. The van der Waals surface area contributed by atoms with Crippen LogP contribution in [0.15, 0.2) is 36.1 Å². The van der Waals surface area contributed by atoms with E-state index in [1.807, 2.05) is 0 Å². The largest absolute Gasteiger partial charge is 0.508 e. The summed E-state index contributed by atoms with van der Waals surface area (Å²) in [7, 11) is 1.43. The number of fused-ring (bicyclic) bond motifs is 1.